The molecule has 9 heteroatoms. The predicted octanol–water partition coefficient (Wildman–Crippen LogP) is 7.30. The molecule has 1 aliphatic carbocycles. The topological polar surface area (TPSA) is 100 Å². The van der Waals surface area contributed by atoms with Crippen LogP contribution in [-0.4, -0.2) is 78.1 Å². The van der Waals surface area contributed by atoms with Gasteiger partial charge in [-0.2, -0.15) is 0 Å². The molecule has 0 aromatic heterocycles. The lowest BCUT2D eigenvalue weighted by molar-refractivity contribution is -0.122. The second kappa shape index (κ2) is 15.8. The maximum absolute atomic E-state index is 14.1. The van der Waals surface area contributed by atoms with E-state index in [2.05, 4.69) is 21.6 Å². The van der Waals surface area contributed by atoms with E-state index in [0.29, 0.717) is 35.7 Å². The van der Waals surface area contributed by atoms with E-state index in [9.17, 15) is 14.4 Å². The van der Waals surface area contributed by atoms with Crippen LogP contribution in [0.1, 0.15) is 119 Å². The minimum atomic E-state index is -0.591. The lowest BCUT2D eigenvalue weighted by Gasteiger charge is -2.36. The van der Waals surface area contributed by atoms with Crippen molar-refractivity contribution in [2.24, 2.45) is 0 Å². The highest BCUT2D eigenvalue weighted by Crippen LogP contribution is 2.44. The number of fused-ring (bicyclic) bond motifs is 2. The lowest BCUT2D eigenvalue weighted by Crippen LogP contribution is -2.50. The Bertz CT molecular complexity index is 1520. The lowest BCUT2D eigenvalue weighted by atomic mass is 9.85. The summed E-state index contributed by atoms with van der Waals surface area (Å²) in [5.74, 6) is 0.343. The summed E-state index contributed by atoms with van der Waals surface area (Å²) in [5.41, 5.74) is 2.94. The minimum absolute atomic E-state index is 0.0639. The molecule has 2 aromatic rings. The fourth-order valence-electron chi connectivity index (χ4n) is 7.68. The molecule has 0 saturated carbocycles. The van der Waals surface area contributed by atoms with Crippen molar-refractivity contribution in [2.75, 3.05) is 32.7 Å². The molecule has 2 aromatic carbocycles. The van der Waals surface area contributed by atoms with Gasteiger partial charge in [0.25, 0.3) is 5.91 Å². The molecule has 0 radical (unpaired) electrons. The molecule has 2 fully saturated rings. The van der Waals surface area contributed by atoms with E-state index in [0.717, 1.165) is 57.3 Å². The van der Waals surface area contributed by atoms with E-state index in [1.165, 1.54) is 38.5 Å². The molecule has 49 heavy (non-hydrogen) atoms. The summed E-state index contributed by atoms with van der Waals surface area (Å²) in [4.78, 5) is 44.8. The second-order valence-electron chi connectivity index (χ2n) is 15.2. The maximum atomic E-state index is 14.1. The van der Waals surface area contributed by atoms with E-state index in [4.69, 9.17) is 9.47 Å². The standard InChI is InChI=1S/C40H54N4O5/c1-40(2,3)49-39(47)44-22-12-11-15-31(44)26-41-37(45)29-18-19-35-33(25-29)36(32-16-9-10-17-34(32)48-35)38(46)42-30-20-23-43(24-21-30)27-28-13-7-5-4-6-8-14-28/h9-10,13,16-19,25,30-31,36H,4-8,11-12,14-15,20-24,26-27H2,1-3H3,(H,41,45)(H,42,46)/b28-13+. The molecule has 3 aliphatic heterocycles. The zero-order valence-electron chi connectivity index (χ0n) is 29.6. The Balaban J connectivity index is 1.11. The number of amides is 3. The number of hydrogen-bond acceptors (Lipinski definition) is 6. The maximum Gasteiger partial charge on any atom is 0.410 e. The number of ether oxygens (including phenoxy) is 2. The van der Waals surface area contributed by atoms with Gasteiger partial charge in [0.2, 0.25) is 5.91 Å². The monoisotopic (exact) mass is 670 g/mol. The predicted molar refractivity (Wildman–Crippen MR) is 191 cm³/mol. The number of likely N-dealkylation sites (tertiary alicyclic amines) is 2. The second-order valence-corrected chi connectivity index (χ2v) is 15.2. The number of rotatable bonds is 7. The van der Waals surface area contributed by atoms with Gasteiger partial charge in [-0.15, -0.1) is 0 Å². The van der Waals surface area contributed by atoms with Crippen molar-refractivity contribution in [1.29, 1.82) is 0 Å². The number of nitrogens with one attached hydrogen (secondary N) is 2. The van der Waals surface area contributed by atoms with E-state index >= 15 is 0 Å². The first-order valence-corrected chi connectivity index (χ1v) is 18.5. The van der Waals surface area contributed by atoms with Crippen LogP contribution in [0.25, 0.3) is 0 Å². The Morgan fingerprint density at radius 1 is 0.878 bits per heavy atom. The van der Waals surface area contributed by atoms with Gasteiger partial charge in [-0.25, -0.2) is 4.79 Å². The van der Waals surface area contributed by atoms with Crippen LogP contribution in [0.5, 0.6) is 11.5 Å². The van der Waals surface area contributed by atoms with Gasteiger partial charge in [-0.05, 0) is 103 Å². The number of nitrogens with zero attached hydrogens (tertiary/aromatic N) is 2. The molecular formula is C40H54N4O5. The van der Waals surface area contributed by atoms with Gasteiger partial charge in [0.05, 0.1) is 12.0 Å². The first kappa shape index (κ1) is 35.0. The smallest absolute Gasteiger partial charge is 0.410 e. The number of benzene rings is 2. The van der Waals surface area contributed by atoms with Gasteiger partial charge < -0.3 is 25.0 Å². The fourth-order valence-corrected chi connectivity index (χ4v) is 7.68. The summed E-state index contributed by atoms with van der Waals surface area (Å²) in [6.07, 6.45) is 14.4. The van der Waals surface area contributed by atoms with E-state index < -0.39 is 11.5 Å². The van der Waals surface area contributed by atoms with Gasteiger partial charge in [0.15, 0.2) is 0 Å². The Kier molecular flexibility index (Phi) is 11.3. The van der Waals surface area contributed by atoms with Crippen LogP contribution < -0.4 is 15.4 Å². The zero-order valence-corrected chi connectivity index (χ0v) is 29.6. The molecule has 0 bridgehead atoms. The first-order valence-electron chi connectivity index (χ1n) is 18.5. The fraction of sp³-hybridized carbons (Fsp3) is 0.575. The summed E-state index contributed by atoms with van der Waals surface area (Å²) in [7, 11) is 0. The van der Waals surface area contributed by atoms with Gasteiger partial charge in [0.1, 0.15) is 17.1 Å². The van der Waals surface area contributed by atoms with Crippen molar-refractivity contribution < 1.29 is 23.9 Å². The third kappa shape index (κ3) is 9.04. The van der Waals surface area contributed by atoms with Crippen LogP contribution in [0, 0.1) is 0 Å². The summed E-state index contributed by atoms with van der Waals surface area (Å²) in [5, 5.41) is 6.43. The van der Waals surface area contributed by atoms with Crippen molar-refractivity contribution in [2.45, 2.75) is 115 Å². The third-order valence-electron chi connectivity index (χ3n) is 10.3. The number of piperidine rings is 2. The molecule has 6 rings (SSSR count). The van der Waals surface area contributed by atoms with E-state index in [1.54, 1.807) is 28.7 Å². The molecule has 2 unspecified atom stereocenters. The van der Waals surface area contributed by atoms with Crippen molar-refractivity contribution in [1.82, 2.24) is 20.4 Å². The highest BCUT2D eigenvalue weighted by molar-refractivity contribution is 5.96. The van der Waals surface area contributed by atoms with Crippen LogP contribution in [0.15, 0.2) is 54.1 Å². The third-order valence-corrected chi connectivity index (χ3v) is 10.3. The summed E-state index contributed by atoms with van der Waals surface area (Å²) >= 11 is 0. The number of carbonyl (C=O) groups is 3. The highest BCUT2D eigenvalue weighted by atomic mass is 16.6. The van der Waals surface area contributed by atoms with Gasteiger partial charge >= 0.3 is 6.09 Å². The molecule has 0 spiro atoms. The van der Waals surface area contributed by atoms with Crippen molar-refractivity contribution in [3.8, 4) is 11.5 Å². The Morgan fingerprint density at radius 3 is 2.47 bits per heavy atom. The van der Waals surface area contributed by atoms with Crippen molar-refractivity contribution in [3.63, 3.8) is 0 Å². The Morgan fingerprint density at radius 2 is 1.65 bits per heavy atom. The molecule has 3 heterocycles. The number of carbonyl (C=O) groups excluding carboxylic acids is 3. The largest absolute Gasteiger partial charge is 0.457 e. The SMILES string of the molecule is CC(C)(C)OC(=O)N1CCCCC1CNC(=O)c1ccc2c(c1)C(C(=O)NC1CCN(C/C3=C/CCCCCC3)CC1)c1ccccc1O2. The van der Waals surface area contributed by atoms with Crippen LogP contribution in [0.4, 0.5) is 4.79 Å². The van der Waals surface area contributed by atoms with Gasteiger partial charge in [-0.1, -0.05) is 42.7 Å². The zero-order chi connectivity index (χ0) is 34.4. The molecule has 264 valence electrons. The van der Waals surface area contributed by atoms with E-state index in [1.807, 2.05) is 45.0 Å². The number of hydrogen-bond donors (Lipinski definition) is 2. The summed E-state index contributed by atoms with van der Waals surface area (Å²) in [6, 6.07) is 12.9. The Labute approximate surface area is 291 Å². The molecule has 3 amide bonds. The normalized spacial score (nSPS) is 23.0. The Hall–Kier alpha value is -3.85. The average Bonchev–Trinajstić information content (AvgIpc) is 3.07. The van der Waals surface area contributed by atoms with Gasteiger partial charge in [-0.3, -0.25) is 14.5 Å². The molecule has 2 saturated heterocycles. The molecule has 2 atom stereocenters. The van der Waals surface area contributed by atoms with Crippen molar-refractivity contribution >= 4 is 17.9 Å². The summed E-state index contributed by atoms with van der Waals surface area (Å²) < 4.78 is 11.9. The van der Waals surface area contributed by atoms with Crippen LogP contribution >= 0.6 is 0 Å². The molecule has 9 nitrogen and oxygen atoms in total. The molecular weight excluding hydrogens is 616 g/mol. The quantitative estimate of drug-likeness (QED) is 0.300. The van der Waals surface area contributed by atoms with E-state index in [-0.39, 0.29) is 30.0 Å². The summed E-state index contributed by atoms with van der Waals surface area (Å²) in [6.45, 7) is 9.51. The first-order chi connectivity index (χ1) is 23.6. The van der Waals surface area contributed by atoms with Crippen molar-refractivity contribution in [3.05, 3.63) is 70.8 Å². The molecule has 4 aliphatic rings. The highest BCUT2D eigenvalue weighted by Gasteiger charge is 2.35. The van der Waals surface area contributed by atoms with Crippen LogP contribution in [0.2, 0.25) is 0 Å². The number of para-hydroxylation sites is 1. The minimum Gasteiger partial charge on any atom is -0.457 e. The average molecular weight is 671 g/mol. The van der Waals surface area contributed by atoms with Crippen LogP contribution in [0.3, 0.4) is 0 Å². The number of allylic oxidation sites excluding steroid dienone is 1. The molecule has 2 N–H and O–H groups in total. The van der Waals surface area contributed by atoms with Crippen LogP contribution in [-0.2, 0) is 9.53 Å². The van der Waals surface area contributed by atoms with Gasteiger partial charge in [0, 0.05) is 55.5 Å².